The molecule has 0 bridgehead atoms. The number of carboxylic acid groups (broad SMARTS) is 2. The maximum Gasteiger partial charge on any atom is 0.310 e. The summed E-state index contributed by atoms with van der Waals surface area (Å²) in [4.78, 5) is 23.4. The first-order valence-electron chi connectivity index (χ1n) is 13.3. The van der Waals surface area contributed by atoms with Gasteiger partial charge in [-0.15, -0.1) is 0 Å². The van der Waals surface area contributed by atoms with Crippen molar-refractivity contribution in [1.29, 1.82) is 0 Å². The summed E-state index contributed by atoms with van der Waals surface area (Å²) in [7, 11) is 0. The summed E-state index contributed by atoms with van der Waals surface area (Å²) in [5, 5.41) is 36.8. The van der Waals surface area contributed by atoms with E-state index in [-0.39, 0.29) is 30.5 Å². The first-order valence-corrected chi connectivity index (χ1v) is 13.3. The Balaban J connectivity index is 0.000000231. The van der Waals surface area contributed by atoms with Crippen molar-refractivity contribution in [1.82, 2.24) is 0 Å². The summed E-state index contributed by atoms with van der Waals surface area (Å²) < 4.78 is 11.3. The number of aliphatic carboxylic acids is 2. The maximum absolute atomic E-state index is 12.5. The minimum absolute atomic E-state index is 0.0412. The fraction of sp³-hybridized carbons (Fsp3) is 0.923. The number of epoxide rings is 2. The summed E-state index contributed by atoms with van der Waals surface area (Å²) in [6.45, 7) is 0.663. The molecule has 6 atom stereocenters. The Bertz CT molecular complexity index is 663. The Labute approximate surface area is 202 Å². The third-order valence-corrected chi connectivity index (χ3v) is 9.33. The second-order valence-corrected chi connectivity index (χ2v) is 11.3. The molecule has 0 aromatic heterocycles. The Morgan fingerprint density at radius 2 is 1.18 bits per heavy atom. The van der Waals surface area contributed by atoms with Gasteiger partial charge in [0.25, 0.3) is 0 Å². The van der Waals surface area contributed by atoms with Crippen LogP contribution in [0.25, 0.3) is 0 Å². The summed E-state index contributed by atoms with van der Waals surface area (Å²) in [5.41, 5.74) is -0.816. The van der Waals surface area contributed by atoms with Crippen LogP contribution in [0.3, 0.4) is 0 Å². The molecule has 34 heavy (non-hydrogen) atoms. The van der Waals surface area contributed by atoms with Crippen LogP contribution in [0.5, 0.6) is 0 Å². The van der Waals surface area contributed by atoms with Crippen molar-refractivity contribution in [3.8, 4) is 0 Å². The van der Waals surface area contributed by atoms with E-state index in [9.17, 15) is 14.7 Å². The van der Waals surface area contributed by atoms with Crippen molar-refractivity contribution in [2.24, 2.45) is 29.1 Å². The smallest absolute Gasteiger partial charge is 0.310 e. The van der Waals surface area contributed by atoms with Crippen molar-refractivity contribution in [3.63, 3.8) is 0 Å². The predicted octanol–water partition coefficient (Wildman–Crippen LogP) is 3.22. The highest BCUT2D eigenvalue weighted by Gasteiger charge is 2.59. The Kier molecular flexibility index (Phi) is 8.54. The van der Waals surface area contributed by atoms with Crippen LogP contribution < -0.4 is 0 Å². The molecule has 2 saturated heterocycles. The number of carbonyl (C=O) groups is 2. The molecule has 5 rings (SSSR count). The van der Waals surface area contributed by atoms with Gasteiger partial charge in [-0.1, -0.05) is 0 Å². The molecule has 2 aliphatic heterocycles. The van der Waals surface area contributed by atoms with E-state index >= 15 is 0 Å². The van der Waals surface area contributed by atoms with Gasteiger partial charge in [-0.2, -0.15) is 0 Å². The quantitative estimate of drug-likeness (QED) is 0.367. The van der Waals surface area contributed by atoms with E-state index in [0.717, 1.165) is 64.2 Å². The molecular weight excluding hydrogens is 440 g/mol. The van der Waals surface area contributed by atoms with Gasteiger partial charge in [0.15, 0.2) is 0 Å². The summed E-state index contributed by atoms with van der Waals surface area (Å²) >= 11 is 0. The molecule has 4 N–H and O–H groups in total. The molecular formula is C26H42O8. The molecule has 8 heteroatoms. The lowest BCUT2D eigenvalue weighted by molar-refractivity contribution is -0.161. The predicted molar refractivity (Wildman–Crippen MR) is 123 cm³/mol. The van der Waals surface area contributed by atoms with E-state index in [1.165, 1.54) is 0 Å². The first kappa shape index (κ1) is 25.9. The molecule has 0 spiro atoms. The minimum Gasteiger partial charge on any atom is -0.481 e. The van der Waals surface area contributed by atoms with E-state index in [2.05, 4.69) is 0 Å². The summed E-state index contributed by atoms with van der Waals surface area (Å²) in [6, 6.07) is 0. The van der Waals surface area contributed by atoms with Crippen LogP contribution in [0.15, 0.2) is 0 Å². The third-order valence-electron chi connectivity index (χ3n) is 9.33. The number of hydrogen-bond acceptors (Lipinski definition) is 6. The van der Waals surface area contributed by atoms with Gasteiger partial charge < -0.3 is 29.9 Å². The van der Waals surface area contributed by atoms with Gasteiger partial charge in [-0.3, -0.25) is 9.59 Å². The summed E-state index contributed by atoms with van der Waals surface area (Å²) in [6.07, 6.45) is 11.7. The fourth-order valence-electron chi connectivity index (χ4n) is 7.07. The van der Waals surface area contributed by atoms with E-state index in [4.69, 9.17) is 24.8 Å². The zero-order valence-corrected chi connectivity index (χ0v) is 20.1. The number of aliphatic hydroxyl groups is 2. The molecule has 5 fully saturated rings. The lowest BCUT2D eigenvalue weighted by Crippen LogP contribution is -2.48. The van der Waals surface area contributed by atoms with Gasteiger partial charge in [0.1, 0.15) is 0 Å². The molecule has 3 aliphatic carbocycles. The average Bonchev–Trinajstić information content (AvgIpc) is 3.75. The van der Waals surface area contributed by atoms with Crippen LogP contribution in [0.2, 0.25) is 0 Å². The number of fused-ring (bicyclic) bond motifs is 2. The van der Waals surface area contributed by atoms with Crippen LogP contribution in [0.1, 0.15) is 83.5 Å². The topological polar surface area (TPSA) is 140 Å². The van der Waals surface area contributed by atoms with Crippen LogP contribution in [-0.2, 0) is 19.1 Å². The molecule has 0 aromatic carbocycles. The van der Waals surface area contributed by atoms with Crippen molar-refractivity contribution >= 4 is 11.9 Å². The normalized spacial score (nSPS) is 39.9. The zero-order valence-electron chi connectivity index (χ0n) is 20.1. The Morgan fingerprint density at radius 3 is 1.53 bits per heavy atom. The highest BCUT2D eigenvalue weighted by atomic mass is 16.6. The molecule has 5 aliphatic rings. The van der Waals surface area contributed by atoms with Gasteiger partial charge in [0.05, 0.1) is 29.8 Å². The monoisotopic (exact) mass is 482 g/mol. The van der Waals surface area contributed by atoms with Gasteiger partial charge in [-0.25, -0.2) is 0 Å². The van der Waals surface area contributed by atoms with E-state index < -0.39 is 17.4 Å². The highest BCUT2D eigenvalue weighted by Crippen LogP contribution is 2.57. The fourth-order valence-corrected chi connectivity index (χ4v) is 7.07. The van der Waals surface area contributed by atoms with Crippen LogP contribution in [0, 0.1) is 29.1 Å². The SMILES string of the molecule is O=C(O)CCCC(C(=O)O)(C1CCC2OC2C1)C1CCC2OC2C1.OCC1CCC(CO)CC1. The average molecular weight is 483 g/mol. The van der Waals surface area contributed by atoms with Gasteiger partial charge in [0, 0.05) is 19.6 Å². The molecule has 0 aromatic rings. The largest absolute Gasteiger partial charge is 0.481 e. The molecule has 2 heterocycles. The van der Waals surface area contributed by atoms with Crippen LogP contribution in [0.4, 0.5) is 0 Å². The molecule has 194 valence electrons. The molecule has 8 nitrogen and oxygen atoms in total. The third kappa shape index (κ3) is 5.94. The molecule has 0 radical (unpaired) electrons. The number of hydrogen-bond donors (Lipinski definition) is 4. The van der Waals surface area contributed by atoms with Crippen LogP contribution >= 0.6 is 0 Å². The first-order chi connectivity index (χ1) is 16.4. The van der Waals surface area contributed by atoms with E-state index in [0.29, 0.717) is 50.1 Å². The number of aliphatic hydroxyl groups excluding tert-OH is 2. The molecule has 6 unspecified atom stereocenters. The lowest BCUT2D eigenvalue weighted by atomic mass is 9.57. The highest BCUT2D eigenvalue weighted by molar-refractivity contribution is 5.76. The Hall–Kier alpha value is -1.22. The standard InChI is InChI=1S/C18H26O6.C8H16O2/c19-16(20)2-1-7-18(17(21)22,10-3-5-12-14(8-10)23-12)11-4-6-13-15(9-11)24-13;9-5-7-1-2-8(6-10)4-3-7/h10-15H,1-9H2,(H,19,20)(H,21,22);7-10H,1-6H2. The second-order valence-electron chi connectivity index (χ2n) is 11.3. The Morgan fingerprint density at radius 1 is 0.706 bits per heavy atom. The van der Waals surface area contributed by atoms with Crippen molar-refractivity contribution < 1.29 is 39.5 Å². The minimum atomic E-state index is -0.849. The zero-order chi connectivity index (χ0) is 24.3. The van der Waals surface area contributed by atoms with Gasteiger partial charge in [-0.05, 0) is 101 Å². The van der Waals surface area contributed by atoms with Crippen LogP contribution in [-0.4, -0.2) is 70.0 Å². The number of ether oxygens (including phenoxy) is 2. The van der Waals surface area contributed by atoms with Crippen molar-refractivity contribution in [2.75, 3.05) is 13.2 Å². The van der Waals surface area contributed by atoms with Crippen molar-refractivity contribution in [2.45, 2.75) is 108 Å². The van der Waals surface area contributed by atoms with Crippen molar-refractivity contribution in [3.05, 3.63) is 0 Å². The van der Waals surface area contributed by atoms with Gasteiger partial charge in [0.2, 0.25) is 0 Å². The second kappa shape index (κ2) is 11.2. The lowest BCUT2D eigenvalue weighted by Gasteiger charge is -2.45. The maximum atomic E-state index is 12.5. The number of rotatable bonds is 9. The summed E-state index contributed by atoms with van der Waals surface area (Å²) in [5.74, 6) is -0.370. The number of carboxylic acids is 2. The molecule has 0 amide bonds. The van der Waals surface area contributed by atoms with E-state index in [1.807, 2.05) is 0 Å². The molecule has 3 saturated carbocycles. The van der Waals surface area contributed by atoms with E-state index in [1.54, 1.807) is 0 Å². The van der Waals surface area contributed by atoms with Gasteiger partial charge >= 0.3 is 11.9 Å².